The van der Waals surface area contributed by atoms with Crippen molar-refractivity contribution in [3.05, 3.63) is 16.1 Å². The average molecular weight is 256 g/mol. The van der Waals surface area contributed by atoms with E-state index < -0.39 is 24.0 Å². The second-order valence-corrected chi connectivity index (χ2v) is 5.02. The zero-order chi connectivity index (χ0) is 12.6. The molecule has 17 heavy (non-hydrogen) atoms. The van der Waals surface area contributed by atoms with Crippen LogP contribution in [0.1, 0.15) is 21.9 Å². The SMILES string of the molecule is Cc1nc(C(=O)N2C[C@H](O)C[C@@H]2C(=O)O)cs1. The van der Waals surface area contributed by atoms with Gasteiger partial charge in [-0.2, -0.15) is 0 Å². The lowest BCUT2D eigenvalue weighted by atomic mass is 10.2. The second kappa shape index (κ2) is 4.42. The van der Waals surface area contributed by atoms with Gasteiger partial charge in [0.2, 0.25) is 0 Å². The molecule has 7 heteroatoms. The number of aliphatic carboxylic acids is 1. The van der Waals surface area contributed by atoms with Gasteiger partial charge in [0.05, 0.1) is 11.1 Å². The van der Waals surface area contributed by atoms with E-state index in [1.807, 2.05) is 0 Å². The zero-order valence-electron chi connectivity index (χ0n) is 9.16. The maximum absolute atomic E-state index is 12.0. The second-order valence-electron chi connectivity index (χ2n) is 3.95. The molecule has 1 aliphatic rings. The first kappa shape index (κ1) is 12.0. The lowest BCUT2D eigenvalue weighted by Crippen LogP contribution is -2.40. The predicted octanol–water partition coefficient (Wildman–Crippen LogP) is 0.112. The van der Waals surface area contributed by atoms with Gasteiger partial charge in [0.1, 0.15) is 11.7 Å². The molecule has 1 fully saturated rings. The van der Waals surface area contributed by atoms with Crippen LogP contribution in [0.3, 0.4) is 0 Å². The summed E-state index contributed by atoms with van der Waals surface area (Å²) in [5, 5.41) is 20.8. The standard InChI is InChI=1S/C10H12N2O4S/c1-5-11-7(4-17-5)9(14)12-3-6(13)2-8(12)10(15)16/h4,6,8,13H,2-3H2,1H3,(H,15,16)/t6-,8-/m1/s1. The number of nitrogens with zero attached hydrogens (tertiary/aromatic N) is 2. The number of thiazole rings is 1. The Morgan fingerprint density at radius 1 is 1.59 bits per heavy atom. The molecule has 1 aromatic rings. The van der Waals surface area contributed by atoms with Crippen molar-refractivity contribution in [3.8, 4) is 0 Å². The number of carbonyl (C=O) groups excluding carboxylic acids is 1. The molecule has 0 aromatic carbocycles. The van der Waals surface area contributed by atoms with Crippen molar-refractivity contribution < 1.29 is 19.8 Å². The van der Waals surface area contributed by atoms with E-state index in [0.717, 1.165) is 5.01 Å². The summed E-state index contributed by atoms with van der Waals surface area (Å²) in [6.45, 7) is 1.82. The molecule has 2 rings (SSSR count). The number of carboxylic acid groups (broad SMARTS) is 1. The van der Waals surface area contributed by atoms with E-state index in [2.05, 4.69) is 4.98 Å². The van der Waals surface area contributed by atoms with Crippen molar-refractivity contribution >= 4 is 23.2 Å². The Morgan fingerprint density at radius 2 is 2.29 bits per heavy atom. The van der Waals surface area contributed by atoms with Crippen molar-refractivity contribution in [2.24, 2.45) is 0 Å². The number of rotatable bonds is 2. The minimum Gasteiger partial charge on any atom is -0.480 e. The Bertz CT molecular complexity index is 459. The van der Waals surface area contributed by atoms with E-state index in [1.165, 1.54) is 16.2 Å². The van der Waals surface area contributed by atoms with Crippen LogP contribution in [0.25, 0.3) is 0 Å². The molecule has 0 unspecified atom stereocenters. The Balaban J connectivity index is 2.21. The van der Waals surface area contributed by atoms with Gasteiger partial charge in [-0.25, -0.2) is 9.78 Å². The summed E-state index contributed by atoms with van der Waals surface area (Å²) in [4.78, 5) is 28.2. The van der Waals surface area contributed by atoms with Crippen LogP contribution >= 0.6 is 11.3 Å². The van der Waals surface area contributed by atoms with E-state index in [0.29, 0.717) is 0 Å². The van der Waals surface area contributed by atoms with Crippen molar-refractivity contribution in [1.29, 1.82) is 0 Å². The predicted molar refractivity (Wildman–Crippen MR) is 59.9 cm³/mol. The van der Waals surface area contributed by atoms with Gasteiger partial charge in [0.25, 0.3) is 5.91 Å². The smallest absolute Gasteiger partial charge is 0.326 e. The summed E-state index contributed by atoms with van der Waals surface area (Å²) in [6, 6.07) is -0.959. The number of aliphatic hydroxyl groups excluding tert-OH is 1. The van der Waals surface area contributed by atoms with Crippen LogP contribution in [0, 0.1) is 6.92 Å². The molecule has 1 amide bonds. The zero-order valence-corrected chi connectivity index (χ0v) is 9.98. The summed E-state index contributed by atoms with van der Waals surface area (Å²) in [7, 11) is 0. The minimum atomic E-state index is -1.10. The van der Waals surface area contributed by atoms with Gasteiger partial charge in [-0.1, -0.05) is 0 Å². The molecular weight excluding hydrogens is 244 g/mol. The third-order valence-electron chi connectivity index (χ3n) is 2.66. The van der Waals surface area contributed by atoms with Crippen LogP contribution in [0.5, 0.6) is 0 Å². The lowest BCUT2D eigenvalue weighted by molar-refractivity contribution is -0.141. The number of amides is 1. The Labute approximate surface area is 102 Å². The Morgan fingerprint density at radius 3 is 2.82 bits per heavy atom. The summed E-state index contributed by atoms with van der Waals surface area (Å²) in [5.74, 6) is -1.53. The van der Waals surface area contributed by atoms with E-state index >= 15 is 0 Å². The molecule has 0 saturated carbocycles. The molecule has 2 atom stereocenters. The quantitative estimate of drug-likeness (QED) is 0.783. The van der Waals surface area contributed by atoms with Crippen LogP contribution in [0.2, 0.25) is 0 Å². The van der Waals surface area contributed by atoms with Gasteiger partial charge in [-0.15, -0.1) is 11.3 Å². The molecule has 6 nitrogen and oxygen atoms in total. The topological polar surface area (TPSA) is 90.7 Å². The Hall–Kier alpha value is -1.47. The first-order valence-electron chi connectivity index (χ1n) is 5.13. The van der Waals surface area contributed by atoms with E-state index in [4.69, 9.17) is 5.11 Å². The maximum atomic E-state index is 12.0. The highest BCUT2D eigenvalue weighted by atomic mass is 32.1. The monoisotopic (exact) mass is 256 g/mol. The molecule has 0 aliphatic carbocycles. The largest absolute Gasteiger partial charge is 0.480 e. The number of carboxylic acids is 1. The summed E-state index contributed by atoms with van der Waals surface area (Å²) >= 11 is 1.33. The summed E-state index contributed by atoms with van der Waals surface area (Å²) in [5.41, 5.74) is 0.243. The van der Waals surface area contributed by atoms with Gasteiger partial charge in [0.15, 0.2) is 0 Å². The van der Waals surface area contributed by atoms with Gasteiger partial charge in [0, 0.05) is 18.3 Å². The summed E-state index contributed by atoms with van der Waals surface area (Å²) < 4.78 is 0. The van der Waals surface area contributed by atoms with Crippen LogP contribution in [-0.4, -0.2) is 50.7 Å². The molecule has 1 aliphatic heterocycles. The van der Waals surface area contributed by atoms with E-state index in [1.54, 1.807) is 12.3 Å². The Kier molecular flexibility index (Phi) is 3.12. The van der Waals surface area contributed by atoms with Crippen molar-refractivity contribution in [2.45, 2.75) is 25.5 Å². The fraction of sp³-hybridized carbons (Fsp3) is 0.500. The van der Waals surface area contributed by atoms with Gasteiger partial charge < -0.3 is 15.1 Å². The third-order valence-corrected chi connectivity index (χ3v) is 3.44. The highest BCUT2D eigenvalue weighted by Crippen LogP contribution is 2.21. The third kappa shape index (κ3) is 2.29. The van der Waals surface area contributed by atoms with E-state index in [9.17, 15) is 14.7 Å². The first-order chi connectivity index (χ1) is 7.99. The number of hydrogen-bond donors (Lipinski definition) is 2. The number of aromatic nitrogens is 1. The molecule has 2 heterocycles. The molecular formula is C10H12N2O4S. The van der Waals surface area contributed by atoms with Crippen LogP contribution in [-0.2, 0) is 4.79 Å². The van der Waals surface area contributed by atoms with Gasteiger partial charge in [-0.3, -0.25) is 4.79 Å². The number of aryl methyl sites for hydroxylation is 1. The fourth-order valence-corrected chi connectivity index (χ4v) is 2.47. The molecule has 1 aromatic heterocycles. The number of carbonyl (C=O) groups is 2. The molecule has 0 bridgehead atoms. The van der Waals surface area contributed by atoms with Crippen LogP contribution < -0.4 is 0 Å². The van der Waals surface area contributed by atoms with Gasteiger partial charge >= 0.3 is 5.97 Å². The lowest BCUT2D eigenvalue weighted by Gasteiger charge is -2.19. The number of likely N-dealkylation sites (tertiary alicyclic amines) is 1. The molecule has 92 valence electrons. The highest BCUT2D eigenvalue weighted by Gasteiger charge is 2.39. The number of aliphatic hydroxyl groups is 1. The molecule has 0 spiro atoms. The van der Waals surface area contributed by atoms with E-state index in [-0.39, 0.29) is 18.7 Å². The van der Waals surface area contributed by atoms with Crippen molar-refractivity contribution in [3.63, 3.8) is 0 Å². The number of β-amino-alcohol motifs (C(OH)–C–C–N with tert-alkyl or cyclic N) is 1. The van der Waals surface area contributed by atoms with Crippen molar-refractivity contribution in [1.82, 2.24) is 9.88 Å². The minimum absolute atomic E-state index is 0.0480. The molecule has 1 saturated heterocycles. The average Bonchev–Trinajstić information content (AvgIpc) is 2.83. The van der Waals surface area contributed by atoms with Gasteiger partial charge in [-0.05, 0) is 6.92 Å². The molecule has 2 N–H and O–H groups in total. The maximum Gasteiger partial charge on any atom is 0.326 e. The van der Waals surface area contributed by atoms with Crippen LogP contribution in [0.15, 0.2) is 5.38 Å². The fourth-order valence-electron chi connectivity index (χ4n) is 1.88. The van der Waals surface area contributed by atoms with Crippen LogP contribution in [0.4, 0.5) is 0 Å². The normalized spacial score (nSPS) is 24.0. The molecule has 0 radical (unpaired) electrons. The summed E-state index contributed by atoms with van der Waals surface area (Å²) in [6.07, 6.45) is -0.704. The number of hydrogen-bond acceptors (Lipinski definition) is 5. The first-order valence-corrected chi connectivity index (χ1v) is 6.01. The highest BCUT2D eigenvalue weighted by molar-refractivity contribution is 7.09. The van der Waals surface area contributed by atoms with Crippen molar-refractivity contribution in [2.75, 3.05) is 6.54 Å².